The van der Waals surface area contributed by atoms with Crippen LogP contribution in [0.3, 0.4) is 0 Å². The van der Waals surface area contributed by atoms with E-state index in [2.05, 4.69) is 20.0 Å². The van der Waals surface area contributed by atoms with Crippen molar-refractivity contribution in [2.45, 2.75) is 32.6 Å². The van der Waals surface area contributed by atoms with E-state index in [0.717, 1.165) is 23.5 Å². The maximum absolute atomic E-state index is 14.0. The van der Waals surface area contributed by atoms with Crippen LogP contribution in [0, 0.1) is 6.92 Å². The van der Waals surface area contributed by atoms with E-state index in [1.807, 2.05) is 24.8 Å². The second-order valence-electron chi connectivity index (χ2n) is 10.0. The van der Waals surface area contributed by atoms with Crippen LogP contribution in [-0.2, 0) is 27.5 Å². The summed E-state index contributed by atoms with van der Waals surface area (Å²) < 4.78 is 74.4. The summed E-state index contributed by atoms with van der Waals surface area (Å²) in [5.74, 6) is 0.157. The smallest absolute Gasteiger partial charge is 0.384 e. The highest BCUT2D eigenvalue weighted by Gasteiger charge is 2.36. The summed E-state index contributed by atoms with van der Waals surface area (Å²) in [6.07, 6.45) is -2.41. The van der Waals surface area contributed by atoms with Gasteiger partial charge in [0.05, 0.1) is 36.6 Å². The van der Waals surface area contributed by atoms with Gasteiger partial charge in [0.25, 0.3) is 0 Å². The fourth-order valence-corrected chi connectivity index (χ4v) is 5.91. The van der Waals surface area contributed by atoms with Gasteiger partial charge >= 0.3 is 6.18 Å². The summed E-state index contributed by atoms with van der Waals surface area (Å²) >= 11 is 0. The van der Waals surface area contributed by atoms with Gasteiger partial charge in [-0.05, 0) is 31.5 Å². The molecule has 2 fully saturated rings. The topological polar surface area (TPSA) is 122 Å². The molecule has 11 nitrogen and oxygen atoms in total. The highest BCUT2D eigenvalue weighted by Crippen LogP contribution is 2.38. The normalized spacial score (nSPS) is 20.2. The van der Waals surface area contributed by atoms with Crippen molar-refractivity contribution in [1.29, 1.82) is 0 Å². The van der Waals surface area contributed by atoms with E-state index in [1.54, 1.807) is 4.52 Å². The largest absolute Gasteiger partial charge is 0.417 e. The number of sulfonamides is 1. The number of nitrogens with zero attached hydrogens (tertiary/aromatic N) is 7. The molecule has 0 radical (unpaired) electrons. The molecule has 3 aromatic heterocycles. The number of piperazine rings is 1. The monoisotopic (exact) mass is 568 g/mol. The Bertz CT molecular complexity index is 1490. The molecule has 0 bridgehead atoms. The van der Waals surface area contributed by atoms with E-state index in [-0.39, 0.29) is 23.2 Å². The number of ether oxygens (including phenoxy) is 1. The quantitative estimate of drug-likeness (QED) is 0.493. The molecule has 0 amide bonds. The Morgan fingerprint density at radius 1 is 1.15 bits per heavy atom. The third kappa shape index (κ3) is 5.53. The fraction of sp³-hybridized carbons (Fsp3) is 0.542. The molecule has 2 saturated heterocycles. The molecule has 3 aromatic rings. The second kappa shape index (κ2) is 10.2. The van der Waals surface area contributed by atoms with Crippen LogP contribution in [0.5, 0.6) is 0 Å². The number of nitrogen functional groups attached to an aromatic ring is 1. The molecule has 39 heavy (non-hydrogen) atoms. The van der Waals surface area contributed by atoms with Crippen LogP contribution in [0.15, 0.2) is 18.3 Å². The van der Waals surface area contributed by atoms with Gasteiger partial charge in [0.2, 0.25) is 10.0 Å². The van der Waals surface area contributed by atoms with Crippen LogP contribution >= 0.6 is 0 Å². The highest BCUT2D eigenvalue weighted by atomic mass is 32.2. The Kier molecular flexibility index (Phi) is 7.20. The molecular weight excluding hydrogens is 537 g/mol. The molecule has 2 aliphatic heterocycles. The molecule has 2 N–H and O–H groups in total. The number of hydrogen-bond acceptors (Lipinski definition) is 9. The first-order valence-corrected chi connectivity index (χ1v) is 14.4. The predicted molar refractivity (Wildman–Crippen MR) is 140 cm³/mol. The van der Waals surface area contributed by atoms with E-state index < -0.39 is 21.8 Å². The maximum Gasteiger partial charge on any atom is 0.417 e. The van der Waals surface area contributed by atoms with E-state index in [9.17, 15) is 21.6 Å². The summed E-state index contributed by atoms with van der Waals surface area (Å²) in [7, 11) is -3.25. The molecule has 1 atom stereocenters. The summed E-state index contributed by atoms with van der Waals surface area (Å²) in [6, 6.07) is 2.70. The first-order valence-electron chi connectivity index (χ1n) is 12.6. The van der Waals surface area contributed by atoms with E-state index in [1.165, 1.54) is 10.6 Å². The van der Waals surface area contributed by atoms with Crippen LogP contribution in [0.25, 0.3) is 16.9 Å². The Hall–Kier alpha value is -3.01. The van der Waals surface area contributed by atoms with Crippen LogP contribution in [-0.4, -0.2) is 95.4 Å². The van der Waals surface area contributed by atoms with Crippen LogP contribution in [0.1, 0.15) is 23.7 Å². The summed E-state index contributed by atoms with van der Waals surface area (Å²) in [5.41, 5.74) is 6.74. The summed E-state index contributed by atoms with van der Waals surface area (Å²) in [5, 5.41) is 4.55. The lowest BCUT2D eigenvalue weighted by atomic mass is 10.1. The second-order valence-corrected chi connectivity index (χ2v) is 12.0. The molecule has 0 aliphatic carbocycles. The van der Waals surface area contributed by atoms with Crippen molar-refractivity contribution in [3.05, 3.63) is 35.2 Å². The van der Waals surface area contributed by atoms with Crippen molar-refractivity contribution >= 4 is 27.2 Å². The minimum absolute atomic E-state index is 0.0559. The van der Waals surface area contributed by atoms with Crippen molar-refractivity contribution in [3.8, 4) is 11.4 Å². The number of aromatic nitrogens is 4. The Labute approximate surface area is 224 Å². The van der Waals surface area contributed by atoms with Gasteiger partial charge in [-0.3, -0.25) is 4.90 Å². The SMILES string of the molecule is Cc1c(CN2CCN(S(C)(=O)=O)CC2)cc2c(N3CCOC[C@@H]3C)nc(-c3cnc(N)cc3C(F)(F)F)nn12. The third-order valence-corrected chi connectivity index (χ3v) is 8.57. The van der Waals surface area contributed by atoms with Crippen molar-refractivity contribution in [3.63, 3.8) is 0 Å². The number of halogens is 3. The van der Waals surface area contributed by atoms with Crippen LogP contribution < -0.4 is 10.6 Å². The number of pyridine rings is 1. The molecule has 5 rings (SSSR count). The number of fused-ring (bicyclic) bond motifs is 1. The number of hydrogen-bond donors (Lipinski definition) is 1. The number of aryl methyl sites for hydroxylation is 1. The maximum atomic E-state index is 14.0. The zero-order valence-corrected chi connectivity index (χ0v) is 22.8. The number of rotatable bonds is 5. The van der Waals surface area contributed by atoms with Gasteiger partial charge in [-0.1, -0.05) is 0 Å². The highest BCUT2D eigenvalue weighted by molar-refractivity contribution is 7.88. The van der Waals surface area contributed by atoms with Crippen LogP contribution in [0.2, 0.25) is 0 Å². The predicted octanol–water partition coefficient (Wildman–Crippen LogP) is 2.00. The molecule has 0 spiro atoms. The molecule has 0 saturated carbocycles. The molecule has 5 heterocycles. The number of anilines is 2. The molecule has 0 unspecified atom stereocenters. The van der Waals surface area contributed by atoms with Gasteiger partial charge < -0.3 is 15.4 Å². The first-order chi connectivity index (χ1) is 18.3. The Morgan fingerprint density at radius 2 is 1.87 bits per heavy atom. The number of alkyl halides is 3. The zero-order chi connectivity index (χ0) is 28.1. The van der Waals surface area contributed by atoms with E-state index in [4.69, 9.17) is 10.5 Å². The van der Waals surface area contributed by atoms with Crippen molar-refractivity contribution in [2.75, 3.05) is 62.8 Å². The van der Waals surface area contributed by atoms with Crippen LogP contribution in [0.4, 0.5) is 24.8 Å². The van der Waals surface area contributed by atoms with Gasteiger partial charge in [0, 0.05) is 51.2 Å². The lowest BCUT2D eigenvalue weighted by Gasteiger charge is -2.34. The van der Waals surface area contributed by atoms with Crippen molar-refractivity contribution in [1.82, 2.24) is 28.8 Å². The third-order valence-electron chi connectivity index (χ3n) is 7.26. The zero-order valence-electron chi connectivity index (χ0n) is 21.9. The minimum Gasteiger partial charge on any atom is -0.384 e. The molecule has 15 heteroatoms. The molecule has 2 aliphatic rings. The van der Waals surface area contributed by atoms with Gasteiger partial charge in [-0.25, -0.2) is 22.9 Å². The average molecular weight is 569 g/mol. The molecular formula is C24H31F3N8O3S. The van der Waals surface area contributed by atoms with Gasteiger partial charge in [0.1, 0.15) is 11.3 Å². The van der Waals surface area contributed by atoms with E-state index in [0.29, 0.717) is 63.8 Å². The lowest BCUT2D eigenvalue weighted by Crippen LogP contribution is -2.47. The van der Waals surface area contributed by atoms with Crippen molar-refractivity contribution in [2.24, 2.45) is 0 Å². The number of morpholine rings is 1. The summed E-state index contributed by atoms with van der Waals surface area (Å²) in [4.78, 5) is 12.7. The van der Waals surface area contributed by atoms with Crippen molar-refractivity contribution < 1.29 is 26.3 Å². The summed E-state index contributed by atoms with van der Waals surface area (Å²) in [6.45, 7) is 7.75. The van der Waals surface area contributed by atoms with Gasteiger partial charge in [0.15, 0.2) is 11.6 Å². The average Bonchev–Trinajstić information content (AvgIpc) is 3.18. The Morgan fingerprint density at radius 3 is 2.51 bits per heavy atom. The standard InChI is InChI=1S/C24H31F3N8O3S/c1-15-14-38-9-8-34(15)23-20-10-17(13-32-4-6-33(7-5-32)39(3,36)37)16(2)35(20)31-22(30-23)18-12-29-21(28)11-19(18)24(25,26)27/h10-12,15H,4-9,13-14H2,1-3H3,(H2,28,29)/t15-/m0/s1. The van der Waals surface area contributed by atoms with E-state index >= 15 is 0 Å². The van der Waals surface area contributed by atoms with Gasteiger partial charge in [-0.15, -0.1) is 5.10 Å². The molecule has 212 valence electrons. The minimum atomic E-state index is -4.68. The Balaban J connectivity index is 1.59. The first kappa shape index (κ1) is 27.6. The lowest BCUT2D eigenvalue weighted by molar-refractivity contribution is -0.137. The van der Waals surface area contributed by atoms with Gasteiger partial charge in [-0.2, -0.15) is 17.5 Å². The molecule has 0 aromatic carbocycles. The number of nitrogens with two attached hydrogens (primary N) is 1. The fourth-order valence-electron chi connectivity index (χ4n) is 5.08.